The monoisotopic (exact) mass is 622 g/mol. The number of nitrogens with zero attached hydrogens (tertiary/aromatic N) is 1. The highest BCUT2D eigenvalue weighted by Gasteiger charge is 2.39. The second kappa shape index (κ2) is 11.3. The Balaban J connectivity index is 1.78. The smallest absolute Gasteiger partial charge is 0.416 e. The van der Waals surface area contributed by atoms with Crippen LogP contribution in [-0.2, 0) is 25.1 Å². The van der Waals surface area contributed by atoms with Gasteiger partial charge < -0.3 is 15.0 Å². The molecule has 4 rings (SSSR count). The predicted octanol–water partition coefficient (Wildman–Crippen LogP) is 8.95. The fraction of sp³-hybridized carbons (Fsp3) is 0.345. The molecule has 14 heteroatoms. The van der Waals surface area contributed by atoms with Crippen molar-refractivity contribution in [2.45, 2.75) is 50.9 Å². The number of carbonyl (C=O) groups is 1. The minimum atomic E-state index is -5.11. The van der Waals surface area contributed by atoms with Crippen molar-refractivity contribution in [1.82, 2.24) is 10.2 Å². The van der Waals surface area contributed by atoms with E-state index in [0.29, 0.717) is 12.1 Å². The lowest BCUT2D eigenvalue weighted by molar-refractivity contribution is -0.143. The molecule has 0 radical (unpaired) electrons. The standard InChI is InChI=1S/C29H24F10N2O2/c1-14(2)20-10-22(25(43-3)11-23(20)30)19-5-4-16(27(31,32)33)9-21(19)24-13-41(26(42)40-24)12-15-6-17(28(34,35)36)8-18(7-15)29(37,38)39/h4-11,14,24H,12-13H2,1-3H3,(H,40,42). The van der Waals surface area contributed by atoms with Crippen molar-refractivity contribution in [1.29, 1.82) is 0 Å². The number of urea groups is 1. The van der Waals surface area contributed by atoms with Gasteiger partial charge >= 0.3 is 24.6 Å². The maximum Gasteiger partial charge on any atom is 0.416 e. The number of methoxy groups -OCH3 is 1. The SMILES string of the molecule is COc1cc(F)c(C(C)C)cc1-c1ccc(C(F)(F)F)cc1C1CN(Cc2cc(C(F)(F)F)cc(C(F)(F)F)c2)C(=O)N1. The van der Waals surface area contributed by atoms with Crippen LogP contribution in [-0.4, -0.2) is 24.6 Å². The fourth-order valence-corrected chi connectivity index (χ4v) is 4.90. The summed E-state index contributed by atoms with van der Waals surface area (Å²) in [5.41, 5.74) is -4.15. The van der Waals surface area contributed by atoms with Gasteiger partial charge in [-0.25, -0.2) is 9.18 Å². The van der Waals surface area contributed by atoms with E-state index in [1.165, 1.54) is 13.2 Å². The van der Waals surface area contributed by atoms with Crippen molar-refractivity contribution < 1.29 is 53.4 Å². The molecule has 232 valence electrons. The maximum absolute atomic E-state index is 14.7. The van der Waals surface area contributed by atoms with E-state index in [-0.39, 0.29) is 40.0 Å². The first-order chi connectivity index (χ1) is 19.8. The van der Waals surface area contributed by atoms with Crippen LogP contribution in [0.5, 0.6) is 5.75 Å². The molecule has 0 aromatic heterocycles. The zero-order valence-electron chi connectivity index (χ0n) is 22.7. The summed E-state index contributed by atoms with van der Waals surface area (Å²) in [6.07, 6.45) is -15.0. The Bertz CT molecular complexity index is 1500. The highest BCUT2D eigenvalue weighted by molar-refractivity contribution is 5.80. The van der Waals surface area contributed by atoms with Gasteiger partial charge in [0.05, 0.1) is 29.8 Å². The van der Waals surface area contributed by atoms with Crippen molar-refractivity contribution in [3.63, 3.8) is 0 Å². The molecule has 1 unspecified atom stereocenters. The summed E-state index contributed by atoms with van der Waals surface area (Å²) in [5, 5.41) is 2.47. The molecule has 3 aromatic carbocycles. The predicted molar refractivity (Wildman–Crippen MR) is 136 cm³/mol. The largest absolute Gasteiger partial charge is 0.496 e. The van der Waals surface area contributed by atoms with Gasteiger partial charge in [0.25, 0.3) is 0 Å². The summed E-state index contributed by atoms with van der Waals surface area (Å²) in [6.45, 7) is 2.32. The minimum Gasteiger partial charge on any atom is -0.496 e. The Morgan fingerprint density at radius 1 is 0.837 bits per heavy atom. The van der Waals surface area contributed by atoms with Gasteiger partial charge in [-0.05, 0) is 64.6 Å². The van der Waals surface area contributed by atoms with Crippen molar-refractivity contribution in [2.24, 2.45) is 0 Å². The molecule has 1 atom stereocenters. The third-order valence-electron chi connectivity index (χ3n) is 6.99. The molecule has 1 N–H and O–H groups in total. The molecule has 0 bridgehead atoms. The van der Waals surface area contributed by atoms with Crippen LogP contribution in [0.25, 0.3) is 11.1 Å². The van der Waals surface area contributed by atoms with E-state index in [9.17, 15) is 48.7 Å². The lowest BCUT2D eigenvalue weighted by Crippen LogP contribution is -2.28. The Kier molecular flexibility index (Phi) is 8.37. The van der Waals surface area contributed by atoms with Gasteiger partial charge in [0.1, 0.15) is 11.6 Å². The summed E-state index contributed by atoms with van der Waals surface area (Å²) in [4.78, 5) is 13.7. The number of alkyl halides is 9. The first-order valence-corrected chi connectivity index (χ1v) is 12.7. The molecular weight excluding hydrogens is 598 g/mol. The van der Waals surface area contributed by atoms with E-state index in [1.807, 2.05) is 0 Å². The third kappa shape index (κ3) is 6.83. The molecule has 1 fully saturated rings. The van der Waals surface area contributed by atoms with Crippen molar-refractivity contribution in [2.75, 3.05) is 13.7 Å². The van der Waals surface area contributed by atoms with Gasteiger partial charge in [-0.3, -0.25) is 0 Å². The quantitative estimate of drug-likeness (QED) is 0.279. The fourth-order valence-electron chi connectivity index (χ4n) is 4.90. The van der Waals surface area contributed by atoms with Crippen LogP contribution in [0.2, 0.25) is 0 Å². The average Bonchev–Trinajstić information content (AvgIpc) is 3.25. The number of amides is 2. The lowest BCUT2D eigenvalue weighted by atomic mass is 9.89. The molecule has 1 aliphatic rings. The van der Waals surface area contributed by atoms with Crippen LogP contribution in [0.15, 0.2) is 48.5 Å². The summed E-state index contributed by atoms with van der Waals surface area (Å²) < 4.78 is 141. The van der Waals surface area contributed by atoms with E-state index >= 15 is 0 Å². The van der Waals surface area contributed by atoms with E-state index in [4.69, 9.17) is 4.74 Å². The molecule has 1 aliphatic heterocycles. The molecule has 3 aromatic rings. The molecule has 1 saturated heterocycles. The minimum absolute atomic E-state index is 0.00673. The van der Waals surface area contributed by atoms with Crippen LogP contribution in [0.4, 0.5) is 48.7 Å². The van der Waals surface area contributed by atoms with Gasteiger partial charge in [0.15, 0.2) is 0 Å². The second-order valence-electron chi connectivity index (χ2n) is 10.3. The van der Waals surface area contributed by atoms with Crippen molar-refractivity contribution in [3.05, 3.63) is 87.7 Å². The van der Waals surface area contributed by atoms with Crippen LogP contribution in [0, 0.1) is 5.82 Å². The zero-order chi connectivity index (χ0) is 32.1. The maximum atomic E-state index is 14.7. The Labute approximate surface area is 239 Å². The first kappa shape index (κ1) is 32.0. The number of benzene rings is 3. The third-order valence-corrected chi connectivity index (χ3v) is 6.99. The number of hydrogen-bond acceptors (Lipinski definition) is 2. The van der Waals surface area contributed by atoms with Crippen molar-refractivity contribution >= 4 is 6.03 Å². The first-order valence-electron chi connectivity index (χ1n) is 12.7. The topological polar surface area (TPSA) is 41.6 Å². The number of carbonyl (C=O) groups excluding carboxylic acids is 1. The Morgan fingerprint density at radius 3 is 1.93 bits per heavy atom. The number of ether oxygens (including phenoxy) is 1. The molecule has 0 saturated carbocycles. The molecule has 0 aliphatic carbocycles. The Morgan fingerprint density at radius 2 is 1.42 bits per heavy atom. The van der Waals surface area contributed by atoms with E-state index in [2.05, 4.69) is 5.32 Å². The highest BCUT2D eigenvalue weighted by Crippen LogP contribution is 2.42. The van der Waals surface area contributed by atoms with Gasteiger partial charge in [-0.15, -0.1) is 0 Å². The lowest BCUT2D eigenvalue weighted by Gasteiger charge is -2.21. The molecular formula is C29H24F10N2O2. The van der Waals surface area contributed by atoms with Crippen molar-refractivity contribution in [3.8, 4) is 16.9 Å². The zero-order valence-corrected chi connectivity index (χ0v) is 22.7. The van der Waals surface area contributed by atoms with E-state index in [1.54, 1.807) is 13.8 Å². The average molecular weight is 623 g/mol. The van der Waals surface area contributed by atoms with Crippen LogP contribution >= 0.6 is 0 Å². The van der Waals surface area contributed by atoms with E-state index < -0.39 is 71.8 Å². The number of hydrogen-bond donors (Lipinski definition) is 1. The summed E-state index contributed by atoms with van der Waals surface area (Å²) in [7, 11) is 1.24. The normalized spacial score (nSPS) is 16.2. The molecule has 43 heavy (non-hydrogen) atoms. The number of rotatable bonds is 6. The Hall–Kier alpha value is -3.97. The van der Waals surface area contributed by atoms with E-state index in [0.717, 1.165) is 29.2 Å². The van der Waals surface area contributed by atoms with Crippen LogP contribution in [0.1, 0.15) is 59.2 Å². The summed E-state index contributed by atoms with van der Waals surface area (Å²) in [5.74, 6) is -0.935. The van der Waals surface area contributed by atoms with Gasteiger partial charge in [-0.2, -0.15) is 39.5 Å². The molecule has 2 amide bonds. The number of nitrogens with one attached hydrogen (secondary N) is 1. The molecule has 0 spiro atoms. The van der Waals surface area contributed by atoms with Crippen LogP contribution < -0.4 is 10.1 Å². The van der Waals surface area contributed by atoms with Gasteiger partial charge in [-0.1, -0.05) is 19.9 Å². The van der Waals surface area contributed by atoms with Gasteiger partial charge in [0, 0.05) is 24.7 Å². The summed E-state index contributed by atoms with van der Waals surface area (Å²) in [6, 6.07) is 4.02. The second-order valence-corrected chi connectivity index (χ2v) is 10.3. The highest BCUT2D eigenvalue weighted by atomic mass is 19.4. The van der Waals surface area contributed by atoms with Gasteiger partial charge in [0.2, 0.25) is 0 Å². The molecule has 4 nitrogen and oxygen atoms in total. The number of halogens is 10. The molecule has 1 heterocycles. The summed E-state index contributed by atoms with van der Waals surface area (Å²) >= 11 is 0. The van der Waals surface area contributed by atoms with Crippen LogP contribution in [0.3, 0.4) is 0 Å².